The molecule has 0 aromatic rings. The van der Waals surface area contributed by atoms with Gasteiger partial charge in [0.1, 0.15) is 0 Å². The van der Waals surface area contributed by atoms with Crippen LogP contribution in [0.15, 0.2) is 0 Å². The Kier molecular flexibility index (Phi) is 4.48. The van der Waals surface area contributed by atoms with Crippen LogP contribution >= 0.6 is 33.2 Å². The van der Waals surface area contributed by atoms with E-state index in [1.54, 1.807) is 0 Å². The van der Waals surface area contributed by atoms with Gasteiger partial charge in [-0.1, -0.05) is 0 Å². The van der Waals surface area contributed by atoms with E-state index >= 15 is 0 Å². The maximum atomic E-state index is 5.53. The molecule has 0 fully saturated rings. The van der Waals surface area contributed by atoms with Gasteiger partial charge < -0.3 is 5.73 Å². The Morgan fingerprint density at radius 2 is 1.75 bits per heavy atom. The molecular weight excluding hydrogens is 184 g/mol. The lowest BCUT2D eigenvalue weighted by atomic mass is 10.5. The van der Waals surface area contributed by atoms with E-state index in [-0.39, 0.29) is 0 Å². The average Bonchev–Trinajstić information content (AvgIpc) is 1.59. The van der Waals surface area contributed by atoms with Crippen LogP contribution in [0, 0.1) is 0 Å². The van der Waals surface area contributed by atoms with Crippen molar-refractivity contribution in [3.8, 4) is 0 Å². The highest BCUT2D eigenvalue weighted by atomic mass is 35.8. The molecule has 0 amide bonds. The third-order valence-corrected chi connectivity index (χ3v) is 3.29. The monoisotopic (exact) mass is 191 g/mol. The van der Waals surface area contributed by atoms with E-state index in [1.165, 1.54) is 0 Å². The minimum atomic E-state index is -2.34. The molecule has 0 spiro atoms. The summed E-state index contributed by atoms with van der Waals surface area (Å²) in [5.74, 6) is 0. The maximum Gasteiger partial charge on any atom is 0.341 e. The van der Waals surface area contributed by atoms with Gasteiger partial charge in [-0.2, -0.15) is 0 Å². The van der Waals surface area contributed by atoms with E-state index in [2.05, 4.69) is 0 Å². The zero-order valence-electron chi connectivity index (χ0n) is 4.33. The van der Waals surface area contributed by atoms with Crippen molar-refractivity contribution < 1.29 is 0 Å². The third-order valence-electron chi connectivity index (χ3n) is 0.664. The van der Waals surface area contributed by atoms with E-state index in [1.807, 2.05) is 0 Å². The van der Waals surface area contributed by atoms with Gasteiger partial charge in [-0.25, -0.2) is 0 Å². The van der Waals surface area contributed by atoms with E-state index in [0.29, 0.717) is 12.6 Å². The summed E-state index contributed by atoms with van der Waals surface area (Å²) in [5, 5.41) is 0. The second-order valence-electron chi connectivity index (χ2n) is 1.51. The van der Waals surface area contributed by atoms with Crippen molar-refractivity contribution in [2.24, 2.45) is 5.73 Å². The van der Waals surface area contributed by atoms with E-state index in [4.69, 9.17) is 39.0 Å². The first-order valence-electron chi connectivity index (χ1n) is 2.33. The molecule has 0 aliphatic carbocycles. The molecule has 2 N–H and O–H groups in total. The summed E-state index contributed by atoms with van der Waals surface area (Å²) >= 11 is 16.6. The number of nitrogens with two attached hydrogens (primary N) is 1. The summed E-state index contributed by atoms with van der Waals surface area (Å²) in [4.78, 5) is 0. The van der Waals surface area contributed by atoms with E-state index in [9.17, 15) is 0 Å². The van der Waals surface area contributed by atoms with Crippen molar-refractivity contribution >= 4 is 39.2 Å². The highest BCUT2D eigenvalue weighted by Crippen LogP contribution is 2.25. The minimum absolute atomic E-state index is 0.612. The van der Waals surface area contributed by atoms with Gasteiger partial charge >= 0.3 is 6.00 Å². The smallest absolute Gasteiger partial charge is 0.330 e. The van der Waals surface area contributed by atoms with Crippen molar-refractivity contribution in [1.82, 2.24) is 0 Å². The topological polar surface area (TPSA) is 26.0 Å². The van der Waals surface area contributed by atoms with E-state index < -0.39 is 6.00 Å². The molecule has 0 aromatic carbocycles. The third kappa shape index (κ3) is 7.05. The van der Waals surface area contributed by atoms with Crippen molar-refractivity contribution in [1.29, 1.82) is 0 Å². The second-order valence-corrected chi connectivity index (χ2v) is 10.8. The molecule has 50 valence electrons. The second kappa shape index (κ2) is 3.96. The molecule has 0 aliphatic heterocycles. The number of hydrogen-bond acceptors (Lipinski definition) is 1. The molecule has 0 aromatic heterocycles. The zero-order chi connectivity index (χ0) is 6.62. The van der Waals surface area contributed by atoms with Crippen LogP contribution in [0.4, 0.5) is 0 Å². The summed E-state index contributed by atoms with van der Waals surface area (Å²) in [5.41, 5.74) is 5.18. The number of rotatable bonds is 3. The van der Waals surface area contributed by atoms with Gasteiger partial charge in [0.05, 0.1) is 0 Å². The molecule has 0 saturated heterocycles. The van der Waals surface area contributed by atoms with Crippen molar-refractivity contribution in [3.63, 3.8) is 0 Å². The maximum absolute atomic E-state index is 5.53. The highest BCUT2D eigenvalue weighted by Gasteiger charge is 2.23. The molecule has 5 heteroatoms. The molecule has 0 aliphatic rings. The van der Waals surface area contributed by atoms with Gasteiger partial charge in [0.2, 0.25) is 0 Å². The molecule has 0 saturated carbocycles. The van der Waals surface area contributed by atoms with Crippen LogP contribution < -0.4 is 5.73 Å². The molecule has 0 bridgehead atoms. The molecule has 0 unspecified atom stereocenters. The largest absolute Gasteiger partial charge is 0.341 e. The van der Waals surface area contributed by atoms with E-state index in [0.717, 1.165) is 6.42 Å². The summed E-state index contributed by atoms with van der Waals surface area (Å²) < 4.78 is 0. The van der Waals surface area contributed by atoms with Gasteiger partial charge in [0, 0.05) is 0 Å². The number of halogens is 3. The lowest BCUT2D eigenvalue weighted by Gasteiger charge is -2.03. The van der Waals surface area contributed by atoms with Crippen LogP contribution in [0.3, 0.4) is 0 Å². The van der Waals surface area contributed by atoms with Crippen LogP contribution in [0.1, 0.15) is 6.42 Å². The molecule has 0 atom stereocenters. The fraction of sp³-hybridized carbons (Fsp3) is 1.00. The van der Waals surface area contributed by atoms with Crippen LogP contribution in [-0.2, 0) is 0 Å². The normalized spacial score (nSPS) is 12.0. The predicted octanol–water partition coefficient (Wildman–Crippen LogP) is 1.99. The average molecular weight is 193 g/mol. The van der Waals surface area contributed by atoms with Crippen LogP contribution in [0.25, 0.3) is 0 Å². The van der Waals surface area contributed by atoms with Gasteiger partial charge in [0.15, 0.2) is 0 Å². The first-order chi connectivity index (χ1) is 3.56. The van der Waals surface area contributed by atoms with Gasteiger partial charge in [-0.05, 0) is 19.0 Å². The summed E-state index contributed by atoms with van der Waals surface area (Å²) in [6, 6.07) is -1.67. The van der Waals surface area contributed by atoms with Crippen LogP contribution in [0.2, 0.25) is 6.04 Å². The summed E-state index contributed by atoms with van der Waals surface area (Å²) in [7, 11) is 0. The molecule has 0 radical (unpaired) electrons. The van der Waals surface area contributed by atoms with Crippen LogP contribution in [-0.4, -0.2) is 12.5 Å². The molecule has 0 heterocycles. The fourth-order valence-electron chi connectivity index (χ4n) is 0.303. The Hall–Kier alpha value is 1.05. The van der Waals surface area contributed by atoms with Crippen molar-refractivity contribution in [2.75, 3.05) is 6.54 Å². The first kappa shape index (κ1) is 9.05. The van der Waals surface area contributed by atoms with Crippen molar-refractivity contribution in [2.45, 2.75) is 12.5 Å². The van der Waals surface area contributed by atoms with Gasteiger partial charge in [0.25, 0.3) is 0 Å². The lowest BCUT2D eigenvalue weighted by Crippen LogP contribution is -2.11. The number of hydrogen-bond donors (Lipinski definition) is 1. The Morgan fingerprint density at radius 3 is 1.88 bits per heavy atom. The summed E-state index contributed by atoms with van der Waals surface area (Å²) in [6.07, 6.45) is 0.822. The summed E-state index contributed by atoms with van der Waals surface area (Å²) in [6.45, 7) is 0.612. The molecule has 1 nitrogen and oxygen atoms in total. The SMILES string of the molecule is NCCC[Si](Cl)(Cl)Cl. The van der Waals surface area contributed by atoms with Gasteiger partial charge in [-0.15, -0.1) is 33.2 Å². The Labute approximate surface area is 64.2 Å². The lowest BCUT2D eigenvalue weighted by molar-refractivity contribution is 0.925. The highest BCUT2D eigenvalue weighted by molar-refractivity contribution is 7.64. The van der Waals surface area contributed by atoms with Crippen LogP contribution in [0.5, 0.6) is 0 Å². The quantitative estimate of drug-likeness (QED) is 0.537. The Balaban J connectivity index is 3.11. The van der Waals surface area contributed by atoms with Gasteiger partial charge in [-0.3, -0.25) is 0 Å². The zero-order valence-corrected chi connectivity index (χ0v) is 7.60. The molecule has 0 rings (SSSR count). The Morgan fingerprint density at radius 1 is 1.25 bits per heavy atom. The van der Waals surface area contributed by atoms with Crippen molar-refractivity contribution in [3.05, 3.63) is 0 Å². The Bertz CT molecular complexity index is 62.0. The molecule has 8 heavy (non-hydrogen) atoms. The standard InChI is InChI=1S/C3H8Cl3NSi/c4-8(5,6)3-1-2-7/h1-3,7H2. The molecular formula is C3H8Cl3NSi. The predicted molar refractivity (Wildman–Crippen MR) is 41.8 cm³/mol. The fourth-order valence-corrected chi connectivity index (χ4v) is 2.11. The minimum Gasteiger partial charge on any atom is -0.330 e. The first-order valence-corrected chi connectivity index (χ1v) is 7.57.